The number of rotatable bonds is 32. The Morgan fingerprint density at radius 3 is 1.44 bits per heavy atom. The van der Waals surface area contributed by atoms with Crippen LogP contribution in [0.25, 0.3) is 0 Å². The third kappa shape index (κ3) is 35.7. The molecule has 270 valence electrons. The molecule has 0 aliphatic rings. The van der Waals surface area contributed by atoms with Crippen molar-refractivity contribution >= 4 is 11.9 Å². The van der Waals surface area contributed by atoms with Gasteiger partial charge in [0.25, 0.3) is 0 Å². The maximum atomic E-state index is 12.1. The van der Waals surface area contributed by atoms with Crippen molar-refractivity contribution < 1.29 is 24.2 Å². The number of ether oxygens (including phenoxy) is 2. The Morgan fingerprint density at radius 1 is 0.500 bits per heavy atom. The van der Waals surface area contributed by atoms with E-state index in [1.54, 1.807) is 0 Å². The highest BCUT2D eigenvalue weighted by Crippen LogP contribution is 2.09. The summed E-state index contributed by atoms with van der Waals surface area (Å²) in [4.78, 5) is 24.2. The molecule has 0 aromatic heterocycles. The van der Waals surface area contributed by atoms with Crippen LogP contribution in [0.4, 0.5) is 0 Å². The van der Waals surface area contributed by atoms with Crippen LogP contribution in [0.1, 0.15) is 142 Å². The van der Waals surface area contributed by atoms with Crippen molar-refractivity contribution in [2.24, 2.45) is 0 Å². The Labute approximate surface area is 294 Å². The minimum absolute atomic E-state index is 0.110. The Balaban J connectivity index is 3.77. The lowest BCUT2D eigenvalue weighted by Crippen LogP contribution is -2.28. The third-order valence-corrected chi connectivity index (χ3v) is 7.38. The second kappa shape index (κ2) is 38.3. The number of aliphatic hydroxyl groups excluding tert-OH is 1. The summed E-state index contributed by atoms with van der Waals surface area (Å²) in [6, 6.07) is 0. The molecular weight excluding hydrogens is 596 g/mol. The fourth-order valence-corrected chi connectivity index (χ4v) is 4.55. The van der Waals surface area contributed by atoms with Crippen molar-refractivity contribution in [3.05, 3.63) is 97.2 Å². The Kier molecular flexibility index (Phi) is 35.7. The van der Waals surface area contributed by atoms with Crippen LogP contribution >= 0.6 is 0 Å². The molecule has 1 atom stereocenters. The highest BCUT2D eigenvalue weighted by atomic mass is 16.6. The van der Waals surface area contributed by atoms with Gasteiger partial charge in [-0.2, -0.15) is 0 Å². The molecule has 5 heteroatoms. The molecule has 0 saturated carbocycles. The van der Waals surface area contributed by atoms with Crippen molar-refractivity contribution in [3.8, 4) is 0 Å². The molecule has 5 nitrogen and oxygen atoms in total. The van der Waals surface area contributed by atoms with Crippen molar-refractivity contribution in [2.75, 3.05) is 13.2 Å². The molecule has 0 unspecified atom stereocenters. The summed E-state index contributed by atoms with van der Waals surface area (Å²) < 4.78 is 10.5. The number of aliphatic hydroxyl groups is 1. The van der Waals surface area contributed by atoms with E-state index in [2.05, 4.69) is 98.9 Å². The first-order chi connectivity index (χ1) is 23.6. The summed E-state index contributed by atoms with van der Waals surface area (Å²) in [6.45, 7) is 3.89. The fourth-order valence-electron chi connectivity index (χ4n) is 4.55. The van der Waals surface area contributed by atoms with Crippen molar-refractivity contribution in [2.45, 2.75) is 148 Å². The fraction of sp³-hybridized carbons (Fsp3) is 0.581. The number of unbranched alkanes of at least 4 members (excludes halogenated alkanes) is 8. The molecule has 0 spiro atoms. The van der Waals surface area contributed by atoms with Gasteiger partial charge < -0.3 is 14.6 Å². The van der Waals surface area contributed by atoms with Crippen LogP contribution in [-0.4, -0.2) is 36.4 Å². The standard InChI is InChI=1S/C43H68O5/c1-3-5-7-9-11-13-15-17-19-20-21-22-24-26-28-30-32-34-36-38-43(46)48-41(39-44)40-47-42(45)37-35-33-31-29-27-25-23-18-16-14-12-10-8-6-4-2/h5,7,11-14,17-19,21-23,26,28,32,34,41,44H,3-4,6,8-10,15-16,20,24-25,27,29-31,33,35-40H2,1-2H3/t41-/m0/s1. The van der Waals surface area contributed by atoms with E-state index < -0.39 is 12.1 Å². The van der Waals surface area contributed by atoms with Gasteiger partial charge in [-0.05, 0) is 83.5 Å². The lowest BCUT2D eigenvalue weighted by atomic mass is 10.1. The van der Waals surface area contributed by atoms with Crippen molar-refractivity contribution in [1.82, 2.24) is 0 Å². The molecule has 0 heterocycles. The smallest absolute Gasteiger partial charge is 0.306 e. The summed E-state index contributed by atoms with van der Waals surface area (Å²) in [5.74, 6) is -0.716. The van der Waals surface area contributed by atoms with Gasteiger partial charge in [-0.15, -0.1) is 0 Å². The van der Waals surface area contributed by atoms with Gasteiger partial charge >= 0.3 is 11.9 Å². The number of hydrogen-bond acceptors (Lipinski definition) is 5. The quantitative estimate of drug-likeness (QED) is 0.0440. The zero-order chi connectivity index (χ0) is 35.0. The zero-order valence-electron chi connectivity index (χ0n) is 30.5. The lowest BCUT2D eigenvalue weighted by Gasteiger charge is -2.15. The van der Waals surface area contributed by atoms with Gasteiger partial charge in [-0.1, -0.05) is 143 Å². The number of carbonyl (C=O) groups is 2. The van der Waals surface area contributed by atoms with Crippen molar-refractivity contribution in [1.29, 1.82) is 0 Å². The van der Waals surface area contributed by atoms with Gasteiger partial charge in [-0.3, -0.25) is 9.59 Å². The summed E-state index contributed by atoms with van der Waals surface area (Å²) >= 11 is 0. The second-order valence-corrected chi connectivity index (χ2v) is 11.9. The Morgan fingerprint density at radius 2 is 0.938 bits per heavy atom. The number of hydrogen-bond donors (Lipinski definition) is 1. The monoisotopic (exact) mass is 665 g/mol. The average Bonchev–Trinajstić information content (AvgIpc) is 3.09. The van der Waals surface area contributed by atoms with E-state index in [4.69, 9.17) is 9.47 Å². The van der Waals surface area contributed by atoms with Crippen LogP contribution < -0.4 is 0 Å². The van der Waals surface area contributed by atoms with Crippen molar-refractivity contribution in [3.63, 3.8) is 0 Å². The molecule has 0 fully saturated rings. The van der Waals surface area contributed by atoms with Gasteiger partial charge in [0.05, 0.1) is 6.61 Å². The first-order valence-electron chi connectivity index (χ1n) is 18.8. The molecule has 0 aliphatic carbocycles. The van der Waals surface area contributed by atoms with Gasteiger partial charge in [0, 0.05) is 12.8 Å². The first kappa shape index (κ1) is 44.8. The third-order valence-electron chi connectivity index (χ3n) is 7.38. The van der Waals surface area contributed by atoms with E-state index in [1.165, 1.54) is 32.1 Å². The van der Waals surface area contributed by atoms with E-state index in [1.807, 2.05) is 12.2 Å². The summed E-state index contributed by atoms with van der Waals surface area (Å²) in [5.41, 5.74) is 0. The van der Waals surface area contributed by atoms with Crippen LogP contribution in [-0.2, 0) is 19.1 Å². The van der Waals surface area contributed by atoms with Gasteiger partial charge in [-0.25, -0.2) is 0 Å². The molecule has 0 amide bonds. The molecule has 0 aromatic carbocycles. The van der Waals surface area contributed by atoms with Crippen LogP contribution in [0.5, 0.6) is 0 Å². The van der Waals surface area contributed by atoms with Crippen LogP contribution in [0.2, 0.25) is 0 Å². The normalized spacial score (nSPS) is 13.3. The topological polar surface area (TPSA) is 72.8 Å². The lowest BCUT2D eigenvalue weighted by molar-refractivity contribution is -0.161. The van der Waals surface area contributed by atoms with E-state index in [0.717, 1.165) is 77.0 Å². The molecule has 0 aliphatic heterocycles. The van der Waals surface area contributed by atoms with Crippen LogP contribution in [0.15, 0.2) is 97.2 Å². The highest BCUT2D eigenvalue weighted by Gasteiger charge is 2.15. The first-order valence-corrected chi connectivity index (χ1v) is 18.8. The number of carbonyl (C=O) groups excluding carboxylic acids is 2. The molecule has 0 bridgehead atoms. The number of allylic oxidation sites excluding steroid dienone is 16. The van der Waals surface area contributed by atoms with E-state index in [9.17, 15) is 14.7 Å². The van der Waals surface area contributed by atoms with Gasteiger partial charge in [0.1, 0.15) is 6.61 Å². The Hall–Kier alpha value is -3.18. The highest BCUT2D eigenvalue weighted by molar-refractivity contribution is 5.70. The molecule has 0 aromatic rings. The molecule has 1 N–H and O–H groups in total. The molecule has 0 rings (SSSR count). The van der Waals surface area contributed by atoms with Crippen LogP contribution in [0.3, 0.4) is 0 Å². The summed E-state index contributed by atoms with van der Waals surface area (Å²) in [5, 5.41) is 9.53. The predicted molar refractivity (Wildman–Crippen MR) is 205 cm³/mol. The Bertz CT molecular complexity index is 979. The summed E-state index contributed by atoms with van der Waals surface area (Å²) in [7, 11) is 0. The predicted octanol–water partition coefficient (Wildman–Crippen LogP) is 11.7. The average molecular weight is 665 g/mol. The molecule has 0 saturated heterocycles. The SMILES string of the molecule is CCC=CCC=CCC=CCC=CCC=CCC=CCCC(=O)O[C@@H](CO)COC(=O)CCCCCCCC=CCC=CCCCCC. The van der Waals surface area contributed by atoms with Gasteiger partial charge in [0.2, 0.25) is 0 Å². The molecule has 0 radical (unpaired) electrons. The van der Waals surface area contributed by atoms with E-state index in [-0.39, 0.29) is 25.6 Å². The maximum absolute atomic E-state index is 12.1. The summed E-state index contributed by atoms with van der Waals surface area (Å²) in [6.07, 6.45) is 53.3. The van der Waals surface area contributed by atoms with Crippen LogP contribution in [0, 0.1) is 0 Å². The largest absolute Gasteiger partial charge is 0.462 e. The second-order valence-electron chi connectivity index (χ2n) is 11.9. The molecule has 48 heavy (non-hydrogen) atoms. The molecular formula is C43H68O5. The van der Waals surface area contributed by atoms with E-state index in [0.29, 0.717) is 12.8 Å². The number of esters is 2. The minimum Gasteiger partial charge on any atom is -0.462 e. The maximum Gasteiger partial charge on any atom is 0.306 e. The zero-order valence-corrected chi connectivity index (χ0v) is 30.5. The van der Waals surface area contributed by atoms with E-state index >= 15 is 0 Å². The minimum atomic E-state index is -0.823. The van der Waals surface area contributed by atoms with Gasteiger partial charge in [0.15, 0.2) is 6.10 Å².